The summed E-state index contributed by atoms with van der Waals surface area (Å²) in [5.74, 6) is -0.251. The average molecular weight is 367 g/mol. The van der Waals surface area contributed by atoms with E-state index in [-0.39, 0.29) is 12.3 Å². The van der Waals surface area contributed by atoms with Crippen LogP contribution >= 0.6 is 0 Å². The lowest BCUT2D eigenvalue weighted by atomic mass is 9.77. The normalized spacial score (nSPS) is 21.6. The van der Waals surface area contributed by atoms with Crippen molar-refractivity contribution in [1.29, 1.82) is 0 Å². The number of benzene rings is 1. The summed E-state index contributed by atoms with van der Waals surface area (Å²) in [5.41, 5.74) is 0.632. The monoisotopic (exact) mass is 367 g/mol. The summed E-state index contributed by atoms with van der Waals surface area (Å²) in [6.45, 7) is 8.38. The van der Waals surface area contributed by atoms with Gasteiger partial charge in [0.15, 0.2) is 0 Å². The van der Waals surface area contributed by atoms with Crippen LogP contribution in [0.4, 0.5) is 10.5 Å². The number of hydrogen-bond acceptors (Lipinski definition) is 5. The molecule has 0 aliphatic carbocycles. The summed E-state index contributed by atoms with van der Waals surface area (Å²) < 4.78 is 12.4. The van der Waals surface area contributed by atoms with Gasteiger partial charge in [-0.1, -0.05) is 6.07 Å². The van der Waals surface area contributed by atoms with Crippen LogP contribution < -0.4 is 15.7 Å². The van der Waals surface area contributed by atoms with E-state index >= 15 is 0 Å². The van der Waals surface area contributed by atoms with Crippen LogP contribution in [0.2, 0.25) is 0 Å². The molecule has 0 saturated carbocycles. The average Bonchev–Trinajstić information content (AvgIpc) is 2.81. The van der Waals surface area contributed by atoms with E-state index in [1.165, 1.54) is 0 Å². The maximum Gasteiger partial charge on any atom is 0.497 e. The van der Waals surface area contributed by atoms with Crippen molar-refractivity contribution in [2.75, 3.05) is 11.4 Å². The van der Waals surface area contributed by atoms with Gasteiger partial charge < -0.3 is 9.31 Å². The van der Waals surface area contributed by atoms with E-state index in [1.54, 1.807) is 17.3 Å². The van der Waals surface area contributed by atoms with Crippen molar-refractivity contribution in [3.05, 3.63) is 30.6 Å². The highest BCUT2D eigenvalue weighted by atomic mass is 16.7. The van der Waals surface area contributed by atoms with Crippen LogP contribution in [-0.2, 0) is 14.1 Å². The Hall–Kier alpha value is -2.45. The first-order chi connectivity index (χ1) is 12.7. The van der Waals surface area contributed by atoms with Gasteiger partial charge >= 0.3 is 13.1 Å². The molecule has 140 valence electrons. The Bertz CT molecular complexity index is 928. The zero-order chi connectivity index (χ0) is 19.4. The van der Waals surface area contributed by atoms with Crippen LogP contribution in [-0.4, -0.2) is 41.8 Å². The molecule has 0 unspecified atom stereocenters. The molecule has 3 amide bonds. The molecule has 0 radical (unpaired) electrons. The van der Waals surface area contributed by atoms with Crippen LogP contribution in [0, 0.1) is 0 Å². The zero-order valence-corrected chi connectivity index (χ0v) is 15.9. The number of carbonyl (C=O) groups excluding carboxylic acids is 2. The highest BCUT2D eigenvalue weighted by molar-refractivity contribution is 6.65. The third kappa shape index (κ3) is 2.98. The summed E-state index contributed by atoms with van der Waals surface area (Å²) in [7, 11) is -0.543. The number of nitrogens with zero attached hydrogens (tertiary/aromatic N) is 2. The van der Waals surface area contributed by atoms with E-state index in [9.17, 15) is 9.59 Å². The molecule has 2 saturated heterocycles. The predicted molar refractivity (Wildman–Crippen MR) is 103 cm³/mol. The Balaban J connectivity index is 1.75. The van der Waals surface area contributed by atoms with Gasteiger partial charge in [0.1, 0.15) is 0 Å². The van der Waals surface area contributed by atoms with Gasteiger partial charge in [-0.2, -0.15) is 0 Å². The minimum absolute atomic E-state index is 0.251. The van der Waals surface area contributed by atoms with Gasteiger partial charge in [0.2, 0.25) is 5.91 Å². The van der Waals surface area contributed by atoms with Crippen LogP contribution in [0.5, 0.6) is 0 Å². The van der Waals surface area contributed by atoms with Crippen LogP contribution in [0.15, 0.2) is 30.6 Å². The second kappa shape index (κ2) is 6.04. The molecule has 0 atom stereocenters. The Morgan fingerprint density at radius 1 is 1.11 bits per heavy atom. The van der Waals surface area contributed by atoms with Crippen molar-refractivity contribution in [2.45, 2.75) is 45.3 Å². The fourth-order valence-corrected chi connectivity index (χ4v) is 3.31. The minimum atomic E-state index is -0.543. The first-order valence-electron chi connectivity index (χ1n) is 9.03. The Morgan fingerprint density at radius 2 is 1.81 bits per heavy atom. The molecular weight excluding hydrogens is 345 g/mol. The van der Waals surface area contributed by atoms with Gasteiger partial charge in [0.05, 0.1) is 11.2 Å². The molecule has 1 N–H and O–H groups in total. The lowest BCUT2D eigenvalue weighted by Gasteiger charge is -2.32. The third-order valence-electron chi connectivity index (χ3n) is 5.65. The quantitative estimate of drug-likeness (QED) is 0.821. The van der Waals surface area contributed by atoms with Gasteiger partial charge in [-0.3, -0.25) is 20.0 Å². The Kier molecular flexibility index (Phi) is 4.01. The Labute approximate surface area is 158 Å². The molecule has 0 bridgehead atoms. The number of amides is 3. The topological polar surface area (TPSA) is 80.8 Å². The van der Waals surface area contributed by atoms with E-state index in [4.69, 9.17) is 9.31 Å². The van der Waals surface area contributed by atoms with Crippen LogP contribution in [0.25, 0.3) is 10.8 Å². The van der Waals surface area contributed by atoms with Gasteiger partial charge in [-0.25, -0.2) is 4.79 Å². The number of rotatable bonds is 2. The largest absolute Gasteiger partial charge is 0.497 e. The van der Waals surface area contributed by atoms with Gasteiger partial charge in [0.25, 0.3) is 0 Å². The number of hydrogen-bond donors (Lipinski definition) is 1. The number of urea groups is 1. The highest BCUT2D eigenvalue weighted by Gasteiger charge is 2.52. The fourth-order valence-electron chi connectivity index (χ4n) is 3.31. The van der Waals surface area contributed by atoms with Crippen molar-refractivity contribution >= 4 is 41.0 Å². The second-order valence-corrected chi connectivity index (χ2v) is 7.98. The minimum Gasteiger partial charge on any atom is -0.399 e. The summed E-state index contributed by atoms with van der Waals surface area (Å²) in [5, 5.41) is 4.19. The third-order valence-corrected chi connectivity index (χ3v) is 5.65. The van der Waals surface area contributed by atoms with Crippen molar-refractivity contribution in [1.82, 2.24) is 10.3 Å². The molecule has 27 heavy (non-hydrogen) atoms. The van der Waals surface area contributed by atoms with Crippen molar-refractivity contribution in [3.8, 4) is 0 Å². The van der Waals surface area contributed by atoms with E-state index in [0.717, 1.165) is 21.9 Å². The lowest BCUT2D eigenvalue weighted by molar-refractivity contribution is -0.120. The molecule has 2 aliphatic heterocycles. The number of aromatic nitrogens is 1. The standard InChI is InChI=1S/C19H22BN3O4/c1-18(2)19(3,4)27-20(26-18)15-11-21-10-12-5-6-13(9-14(12)15)23-8-7-16(24)22-17(23)25/h5-6,9-11H,7-8H2,1-4H3,(H,22,24,25). The van der Waals surface area contributed by atoms with E-state index in [2.05, 4.69) is 10.3 Å². The first kappa shape index (κ1) is 17.9. The molecule has 1 aromatic heterocycles. The van der Waals surface area contributed by atoms with Crippen molar-refractivity contribution < 1.29 is 18.9 Å². The predicted octanol–water partition coefficient (Wildman–Crippen LogP) is 1.98. The van der Waals surface area contributed by atoms with Crippen molar-refractivity contribution in [2.24, 2.45) is 0 Å². The van der Waals surface area contributed by atoms with Gasteiger partial charge in [0, 0.05) is 36.5 Å². The summed E-state index contributed by atoms with van der Waals surface area (Å²) in [6, 6.07) is 5.29. The summed E-state index contributed by atoms with van der Waals surface area (Å²) >= 11 is 0. The smallest absolute Gasteiger partial charge is 0.399 e. The zero-order valence-electron chi connectivity index (χ0n) is 15.9. The molecule has 8 heteroatoms. The number of nitrogens with one attached hydrogen (secondary N) is 1. The number of imide groups is 1. The van der Waals surface area contributed by atoms with E-state index in [1.807, 2.05) is 45.9 Å². The molecule has 2 aromatic rings. The molecule has 1 aromatic carbocycles. The molecular formula is C19H22BN3O4. The summed E-state index contributed by atoms with van der Waals surface area (Å²) in [4.78, 5) is 29.5. The molecule has 2 aliphatic rings. The van der Waals surface area contributed by atoms with Gasteiger partial charge in [-0.05, 0) is 50.6 Å². The van der Waals surface area contributed by atoms with Gasteiger partial charge in [-0.15, -0.1) is 0 Å². The Morgan fingerprint density at radius 3 is 2.48 bits per heavy atom. The van der Waals surface area contributed by atoms with E-state index in [0.29, 0.717) is 6.54 Å². The first-order valence-corrected chi connectivity index (χ1v) is 9.03. The molecule has 0 spiro atoms. The summed E-state index contributed by atoms with van der Waals surface area (Å²) in [6.07, 6.45) is 3.80. The van der Waals surface area contributed by atoms with E-state index < -0.39 is 24.4 Å². The molecule has 3 heterocycles. The number of anilines is 1. The van der Waals surface area contributed by atoms with Crippen LogP contribution in [0.1, 0.15) is 34.1 Å². The fraction of sp³-hybridized carbons (Fsp3) is 0.421. The molecule has 4 rings (SSSR count). The SMILES string of the molecule is CC1(C)OB(c2cncc3ccc(N4CCC(=O)NC4=O)cc23)OC1(C)C. The lowest BCUT2D eigenvalue weighted by Crippen LogP contribution is -2.49. The highest BCUT2D eigenvalue weighted by Crippen LogP contribution is 2.37. The molecule has 2 fully saturated rings. The number of carbonyl (C=O) groups is 2. The number of fused-ring (bicyclic) bond motifs is 1. The maximum absolute atomic E-state index is 12.2. The number of pyridine rings is 1. The second-order valence-electron chi connectivity index (χ2n) is 7.98. The molecule has 7 nitrogen and oxygen atoms in total. The maximum atomic E-state index is 12.2. The van der Waals surface area contributed by atoms with Crippen molar-refractivity contribution in [3.63, 3.8) is 0 Å². The van der Waals surface area contributed by atoms with Crippen LogP contribution in [0.3, 0.4) is 0 Å².